The molecule has 0 N–H and O–H groups in total. The average molecular weight is 226 g/mol. The number of carbonyl (C=O) groups excluding carboxylic acids is 1. The van der Waals surface area contributed by atoms with Crippen LogP contribution in [0.4, 0.5) is 0 Å². The molecule has 90 valence electrons. The second-order valence-corrected chi connectivity index (χ2v) is 3.92. The quantitative estimate of drug-likeness (QED) is 0.503. The lowest BCUT2D eigenvalue weighted by atomic mass is 10.2. The maximum Gasteiger partial charge on any atom is 0.223 e. The number of furan rings is 1. The molecule has 0 amide bonds. The Morgan fingerprint density at radius 3 is 2.75 bits per heavy atom. The highest BCUT2D eigenvalue weighted by Gasteiger charge is 2.07. The van der Waals surface area contributed by atoms with Crippen molar-refractivity contribution in [2.45, 2.75) is 13.8 Å². The molecule has 0 fully saturated rings. The zero-order valence-electron chi connectivity index (χ0n) is 9.77. The molecule has 0 saturated carbocycles. The van der Waals surface area contributed by atoms with Gasteiger partial charge in [0.25, 0.3) is 0 Å². The summed E-state index contributed by atoms with van der Waals surface area (Å²) in [5.74, 6) is 0.710. The van der Waals surface area contributed by atoms with Crippen molar-refractivity contribution in [2.75, 3.05) is 26.4 Å². The van der Waals surface area contributed by atoms with Crippen LogP contribution in [0.3, 0.4) is 0 Å². The molecule has 0 unspecified atom stereocenters. The number of hydrogen-bond donors (Lipinski definition) is 0. The third-order valence-electron chi connectivity index (χ3n) is 1.85. The van der Waals surface area contributed by atoms with E-state index in [1.807, 2.05) is 0 Å². The molecule has 0 aliphatic carbocycles. The first-order chi connectivity index (χ1) is 7.70. The highest BCUT2D eigenvalue weighted by Crippen LogP contribution is 2.01. The van der Waals surface area contributed by atoms with Crippen molar-refractivity contribution in [3.63, 3.8) is 0 Å². The Bertz CT molecular complexity index is 290. The van der Waals surface area contributed by atoms with Crippen LogP contribution < -0.4 is 0 Å². The molecule has 1 rings (SSSR count). The summed E-state index contributed by atoms with van der Waals surface area (Å²) >= 11 is 0. The van der Waals surface area contributed by atoms with Crippen LogP contribution in [-0.4, -0.2) is 32.2 Å². The number of ketones is 1. The van der Waals surface area contributed by atoms with Crippen molar-refractivity contribution >= 4 is 5.78 Å². The largest absolute Gasteiger partial charge is 0.461 e. The van der Waals surface area contributed by atoms with Crippen LogP contribution >= 0.6 is 0 Å². The predicted molar refractivity (Wildman–Crippen MR) is 59.5 cm³/mol. The summed E-state index contributed by atoms with van der Waals surface area (Å²) in [7, 11) is 0. The summed E-state index contributed by atoms with van der Waals surface area (Å²) in [4.78, 5) is 11.4. The van der Waals surface area contributed by atoms with E-state index in [4.69, 9.17) is 13.9 Å². The summed E-state index contributed by atoms with van der Waals surface area (Å²) in [6, 6.07) is 3.31. The molecule has 4 heteroatoms. The van der Waals surface area contributed by atoms with E-state index in [2.05, 4.69) is 13.8 Å². The third-order valence-corrected chi connectivity index (χ3v) is 1.85. The average Bonchev–Trinajstić information content (AvgIpc) is 2.75. The van der Waals surface area contributed by atoms with Crippen LogP contribution in [0.5, 0.6) is 0 Å². The normalized spacial score (nSPS) is 10.9. The topological polar surface area (TPSA) is 48.7 Å². The van der Waals surface area contributed by atoms with Gasteiger partial charge in [-0.1, -0.05) is 13.8 Å². The van der Waals surface area contributed by atoms with Crippen molar-refractivity contribution in [1.82, 2.24) is 0 Å². The first-order valence-electron chi connectivity index (χ1n) is 5.42. The minimum absolute atomic E-state index is 0.0402. The van der Waals surface area contributed by atoms with Gasteiger partial charge in [-0.3, -0.25) is 4.79 Å². The Labute approximate surface area is 95.5 Å². The molecule has 0 atom stereocenters. The number of carbonyl (C=O) groups is 1. The van der Waals surface area contributed by atoms with Gasteiger partial charge in [0.15, 0.2) is 5.76 Å². The molecule has 1 aromatic heterocycles. The standard InChI is InChI=1S/C12H18O4/c1-10(2)8-14-6-7-15-9-11(13)12-4-3-5-16-12/h3-5,10H,6-9H2,1-2H3. The van der Waals surface area contributed by atoms with E-state index in [1.54, 1.807) is 12.1 Å². The molecule has 0 aromatic carbocycles. The highest BCUT2D eigenvalue weighted by molar-refractivity contribution is 5.94. The molecule has 1 aromatic rings. The zero-order chi connectivity index (χ0) is 11.8. The van der Waals surface area contributed by atoms with Gasteiger partial charge >= 0.3 is 0 Å². The molecule has 4 nitrogen and oxygen atoms in total. The number of Topliss-reactive ketones (excluding diaryl/α,β-unsaturated/α-hetero) is 1. The summed E-state index contributed by atoms with van der Waals surface area (Å²) in [6.45, 7) is 5.87. The lowest BCUT2D eigenvalue weighted by Gasteiger charge is -2.06. The Kier molecular flexibility index (Phi) is 5.82. The molecule has 0 bridgehead atoms. The van der Waals surface area contributed by atoms with E-state index in [0.29, 0.717) is 24.9 Å². The monoisotopic (exact) mass is 226 g/mol. The molecular formula is C12H18O4. The maximum atomic E-state index is 11.4. The fraction of sp³-hybridized carbons (Fsp3) is 0.583. The molecule has 16 heavy (non-hydrogen) atoms. The van der Waals surface area contributed by atoms with Crippen LogP contribution in [0.25, 0.3) is 0 Å². The van der Waals surface area contributed by atoms with Crippen LogP contribution in [0.15, 0.2) is 22.8 Å². The molecule has 0 spiro atoms. The van der Waals surface area contributed by atoms with Gasteiger partial charge in [-0.15, -0.1) is 0 Å². The third kappa shape index (κ3) is 5.09. The smallest absolute Gasteiger partial charge is 0.223 e. The number of rotatable bonds is 8. The van der Waals surface area contributed by atoms with Crippen molar-refractivity contribution in [3.8, 4) is 0 Å². The fourth-order valence-corrected chi connectivity index (χ4v) is 1.11. The van der Waals surface area contributed by atoms with Crippen molar-refractivity contribution in [2.24, 2.45) is 5.92 Å². The van der Waals surface area contributed by atoms with Crippen LogP contribution in [0.2, 0.25) is 0 Å². The van der Waals surface area contributed by atoms with E-state index >= 15 is 0 Å². The highest BCUT2D eigenvalue weighted by atomic mass is 16.5. The number of hydrogen-bond acceptors (Lipinski definition) is 4. The first kappa shape index (κ1) is 12.9. The Morgan fingerprint density at radius 1 is 1.38 bits per heavy atom. The van der Waals surface area contributed by atoms with Gasteiger partial charge in [0, 0.05) is 6.61 Å². The molecular weight excluding hydrogens is 208 g/mol. The molecule has 0 radical (unpaired) electrons. The van der Waals surface area contributed by atoms with Gasteiger partial charge in [-0.05, 0) is 18.1 Å². The van der Waals surface area contributed by atoms with E-state index in [-0.39, 0.29) is 12.4 Å². The fourth-order valence-electron chi connectivity index (χ4n) is 1.11. The molecule has 0 saturated heterocycles. The van der Waals surface area contributed by atoms with Gasteiger partial charge in [0.2, 0.25) is 5.78 Å². The summed E-state index contributed by atoms with van der Waals surface area (Å²) < 4.78 is 15.4. The van der Waals surface area contributed by atoms with Gasteiger partial charge in [0.05, 0.1) is 19.5 Å². The van der Waals surface area contributed by atoms with Crippen LogP contribution in [0.1, 0.15) is 24.4 Å². The summed E-state index contributed by atoms with van der Waals surface area (Å²) in [5, 5.41) is 0. The molecule has 0 aliphatic heterocycles. The van der Waals surface area contributed by atoms with Gasteiger partial charge in [0.1, 0.15) is 6.61 Å². The maximum absolute atomic E-state index is 11.4. The lowest BCUT2D eigenvalue weighted by molar-refractivity contribution is 0.0354. The van der Waals surface area contributed by atoms with E-state index in [1.165, 1.54) is 6.26 Å². The van der Waals surface area contributed by atoms with Crippen molar-refractivity contribution in [3.05, 3.63) is 24.2 Å². The van der Waals surface area contributed by atoms with Crippen LogP contribution in [0, 0.1) is 5.92 Å². The first-order valence-corrected chi connectivity index (χ1v) is 5.42. The predicted octanol–water partition coefficient (Wildman–Crippen LogP) is 2.15. The van der Waals surface area contributed by atoms with E-state index in [9.17, 15) is 4.79 Å². The lowest BCUT2D eigenvalue weighted by Crippen LogP contribution is -2.13. The summed E-state index contributed by atoms with van der Waals surface area (Å²) in [5.41, 5.74) is 0. The zero-order valence-corrected chi connectivity index (χ0v) is 9.77. The van der Waals surface area contributed by atoms with Crippen molar-refractivity contribution in [1.29, 1.82) is 0 Å². The Morgan fingerprint density at radius 2 is 2.12 bits per heavy atom. The second-order valence-electron chi connectivity index (χ2n) is 3.92. The second kappa shape index (κ2) is 7.19. The van der Waals surface area contributed by atoms with Gasteiger partial charge < -0.3 is 13.9 Å². The van der Waals surface area contributed by atoms with Gasteiger partial charge in [-0.2, -0.15) is 0 Å². The van der Waals surface area contributed by atoms with Gasteiger partial charge in [-0.25, -0.2) is 0 Å². The molecule has 0 aliphatic rings. The SMILES string of the molecule is CC(C)COCCOCC(=O)c1ccco1. The summed E-state index contributed by atoms with van der Waals surface area (Å²) in [6.07, 6.45) is 1.47. The molecule has 1 heterocycles. The minimum atomic E-state index is -0.145. The Balaban J connectivity index is 2.01. The van der Waals surface area contributed by atoms with Crippen molar-refractivity contribution < 1.29 is 18.7 Å². The minimum Gasteiger partial charge on any atom is -0.461 e. The number of ether oxygens (including phenoxy) is 2. The van der Waals surface area contributed by atoms with Crippen LogP contribution in [-0.2, 0) is 9.47 Å². The van der Waals surface area contributed by atoms with E-state index in [0.717, 1.165) is 6.61 Å². The van der Waals surface area contributed by atoms with E-state index < -0.39 is 0 Å². The Hall–Kier alpha value is -1.13.